The van der Waals surface area contributed by atoms with Gasteiger partial charge in [0.2, 0.25) is 0 Å². The molecule has 0 saturated heterocycles. The summed E-state index contributed by atoms with van der Waals surface area (Å²) in [5, 5.41) is 0. The van der Waals surface area contributed by atoms with E-state index in [2.05, 4.69) is 59.4 Å². The molecule has 0 saturated carbocycles. The zero-order valence-electron chi connectivity index (χ0n) is 14.9. The second kappa shape index (κ2) is 9.55. The van der Waals surface area contributed by atoms with Crippen LogP contribution in [-0.2, 0) is 0 Å². The van der Waals surface area contributed by atoms with E-state index in [1.807, 2.05) is 6.08 Å². The van der Waals surface area contributed by atoms with Gasteiger partial charge in [0, 0.05) is 0 Å². The van der Waals surface area contributed by atoms with Gasteiger partial charge in [0.15, 0.2) is 11.5 Å². The lowest BCUT2D eigenvalue weighted by atomic mass is 9.93. The molecule has 22 heavy (non-hydrogen) atoms. The standard InChI is InChI=1S/C20H32O2/c1-7-9-17(8-2)18-10-11-19(21-13-15(3)4)20(12-18)22-14-16(5)6/h7,10-12,15-17H,1,8-9,13-14H2,2-6H3. The molecule has 0 aromatic heterocycles. The van der Waals surface area contributed by atoms with Crippen molar-refractivity contribution in [3.8, 4) is 11.5 Å². The highest BCUT2D eigenvalue weighted by Crippen LogP contribution is 2.34. The van der Waals surface area contributed by atoms with Gasteiger partial charge in [-0.3, -0.25) is 0 Å². The van der Waals surface area contributed by atoms with Gasteiger partial charge >= 0.3 is 0 Å². The first kappa shape index (κ1) is 18.6. The molecule has 1 rings (SSSR count). The molecule has 0 spiro atoms. The minimum atomic E-state index is 0.497. The first-order chi connectivity index (χ1) is 10.5. The maximum atomic E-state index is 5.99. The fourth-order valence-electron chi connectivity index (χ4n) is 2.26. The molecule has 1 aromatic carbocycles. The van der Waals surface area contributed by atoms with Crippen LogP contribution in [0.25, 0.3) is 0 Å². The lowest BCUT2D eigenvalue weighted by Crippen LogP contribution is -2.09. The summed E-state index contributed by atoms with van der Waals surface area (Å²) in [5.74, 6) is 3.22. The Morgan fingerprint density at radius 2 is 1.59 bits per heavy atom. The first-order valence-electron chi connectivity index (χ1n) is 8.48. The van der Waals surface area contributed by atoms with E-state index in [9.17, 15) is 0 Å². The van der Waals surface area contributed by atoms with Crippen molar-refractivity contribution in [1.82, 2.24) is 0 Å². The van der Waals surface area contributed by atoms with Crippen LogP contribution in [0.5, 0.6) is 11.5 Å². The molecule has 0 fully saturated rings. The van der Waals surface area contributed by atoms with Crippen LogP contribution in [0.2, 0.25) is 0 Å². The van der Waals surface area contributed by atoms with Gasteiger partial charge < -0.3 is 9.47 Å². The number of ether oxygens (including phenoxy) is 2. The van der Waals surface area contributed by atoms with Crippen molar-refractivity contribution < 1.29 is 9.47 Å². The van der Waals surface area contributed by atoms with Gasteiger partial charge in [0.1, 0.15) is 0 Å². The Morgan fingerprint density at radius 1 is 1.00 bits per heavy atom. The van der Waals surface area contributed by atoms with E-state index in [0.717, 1.165) is 24.3 Å². The van der Waals surface area contributed by atoms with E-state index in [1.165, 1.54) is 5.56 Å². The Hall–Kier alpha value is -1.44. The number of hydrogen-bond donors (Lipinski definition) is 0. The SMILES string of the molecule is C=CCC(CC)c1ccc(OCC(C)C)c(OCC(C)C)c1. The summed E-state index contributed by atoms with van der Waals surface area (Å²) in [6.07, 6.45) is 4.08. The van der Waals surface area contributed by atoms with Crippen molar-refractivity contribution in [1.29, 1.82) is 0 Å². The minimum Gasteiger partial charge on any atom is -0.489 e. The highest BCUT2D eigenvalue weighted by Gasteiger charge is 2.13. The first-order valence-corrected chi connectivity index (χ1v) is 8.48. The number of hydrogen-bond acceptors (Lipinski definition) is 2. The third kappa shape index (κ3) is 6.13. The third-order valence-corrected chi connectivity index (χ3v) is 3.53. The van der Waals surface area contributed by atoms with Crippen molar-refractivity contribution >= 4 is 0 Å². The molecular weight excluding hydrogens is 272 g/mol. The van der Waals surface area contributed by atoms with E-state index in [0.29, 0.717) is 31.0 Å². The zero-order valence-corrected chi connectivity index (χ0v) is 14.9. The molecule has 0 bridgehead atoms. The quantitative estimate of drug-likeness (QED) is 0.507. The van der Waals surface area contributed by atoms with Crippen molar-refractivity contribution in [2.24, 2.45) is 11.8 Å². The van der Waals surface area contributed by atoms with Crippen LogP contribution in [0.1, 0.15) is 58.9 Å². The van der Waals surface area contributed by atoms with Crippen LogP contribution in [0, 0.1) is 11.8 Å². The molecule has 1 unspecified atom stereocenters. The molecule has 2 heteroatoms. The fraction of sp³-hybridized carbons (Fsp3) is 0.600. The second-order valence-corrected chi connectivity index (χ2v) is 6.75. The largest absolute Gasteiger partial charge is 0.489 e. The Labute approximate surface area is 136 Å². The van der Waals surface area contributed by atoms with E-state index < -0.39 is 0 Å². The molecule has 2 nitrogen and oxygen atoms in total. The molecule has 0 amide bonds. The summed E-state index contributed by atoms with van der Waals surface area (Å²) in [4.78, 5) is 0. The molecule has 0 aliphatic heterocycles. The van der Waals surface area contributed by atoms with Crippen LogP contribution in [0.15, 0.2) is 30.9 Å². The van der Waals surface area contributed by atoms with Crippen LogP contribution >= 0.6 is 0 Å². The normalized spacial score (nSPS) is 12.5. The van der Waals surface area contributed by atoms with E-state index >= 15 is 0 Å². The Balaban J connectivity index is 2.98. The summed E-state index contributed by atoms with van der Waals surface area (Å²) in [7, 11) is 0. The monoisotopic (exact) mass is 304 g/mol. The maximum Gasteiger partial charge on any atom is 0.161 e. The second-order valence-electron chi connectivity index (χ2n) is 6.75. The Morgan fingerprint density at radius 3 is 2.09 bits per heavy atom. The number of benzene rings is 1. The van der Waals surface area contributed by atoms with Gasteiger partial charge in [-0.2, -0.15) is 0 Å². The smallest absolute Gasteiger partial charge is 0.161 e. The van der Waals surface area contributed by atoms with E-state index in [4.69, 9.17) is 9.47 Å². The van der Waals surface area contributed by atoms with E-state index in [1.54, 1.807) is 0 Å². The Bertz CT molecular complexity index is 449. The summed E-state index contributed by atoms with van der Waals surface area (Å²) in [6.45, 7) is 16.1. The third-order valence-electron chi connectivity index (χ3n) is 3.53. The predicted molar refractivity (Wildman–Crippen MR) is 95.0 cm³/mol. The van der Waals surface area contributed by atoms with Crippen LogP contribution in [-0.4, -0.2) is 13.2 Å². The van der Waals surface area contributed by atoms with Crippen LogP contribution < -0.4 is 9.47 Å². The van der Waals surface area contributed by atoms with Crippen molar-refractivity contribution in [2.75, 3.05) is 13.2 Å². The number of allylic oxidation sites excluding steroid dienone is 1. The van der Waals surface area contributed by atoms with Gasteiger partial charge in [0.05, 0.1) is 13.2 Å². The van der Waals surface area contributed by atoms with Crippen LogP contribution in [0.4, 0.5) is 0 Å². The predicted octanol–water partition coefficient (Wildman–Crippen LogP) is 5.83. The summed E-state index contributed by atoms with van der Waals surface area (Å²) < 4.78 is 11.9. The van der Waals surface area contributed by atoms with E-state index in [-0.39, 0.29) is 0 Å². The highest BCUT2D eigenvalue weighted by atomic mass is 16.5. The number of rotatable bonds is 10. The average Bonchev–Trinajstić information content (AvgIpc) is 2.48. The highest BCUT2D eigenvalue weighted by molar-refractivity contribution is 5.44. The van der Waals surface area contributed by atoms with Crippen LogP contribution in [0.3, 0.4) is 0 Å². The minimum absolute atomic E-state index is 0.497. The van der Waals surface area contributed by atoms with Crippen molar-refractivity contribution in [3.63, 3.8) is 0 Å². The molecular formula is C20H32O2. The Kier molecular flexibility index (Phi) is 8.08. The van der Waals surface area contributed by atoms with Gasteiger partial charge in [0.25, 0.3) is 0 Å². The van der Waals surface area contributed by atoms with Crippen molar-refractivity contribution in [3.05, 3.63) is 36.4 Å². The molecule has 0 aliphatic carbocycles. The summed E-state index contributed by atoms with van der Waals surface area (Å²) in [6, 6.07) is 6.37. The molecule has 1 aromatic rings. The van der Waals surface area contributed by atoms with Gasteiger partial charge in [-0.25, -0.2) is 0 Å². The molecule has 0 aliphatic rings. The molecule has 0 heterocycles. The maximum absolute atomic E-state index is 5.99. The zero-order chi connectivity index (χ0) is 16.5. The average molecular weight is 304 g/mol. The molecule has 124 valence electrons. The lowest BCUT2D eigenvalue weighted by Gasteiger charge is -2.19. The molecule has 0 N–H and O–H groups in total. The lowest BCUT2D eigenvalue weighted by molar-refractivity contribution is 0.229. The molecule has 0 radical (unpaired) electrons. The van der Waals surface area contributed by atoms with Gasteiger partial charge in [-0.05, 0) is 48.3 Å². The van der Waals surface area contributed by atoms with Crippen molar-refractivity contribution in [2.45, 2.75) is 53.4 Å². The van der Waals surface area contributed by atoms with Gasteiger partial charge in [-0.15, -0.1) is 6.58 Å². The fourth-order valence-corrected chi connectivity index (χ4v) is 2.26. The molecule has 1 atom stereocenters. The topological polar surface area (TPSA) is 18.5 Å². The summed E-state index contributed by atoms with van der Waals surface area (Å²) >= 11 is 0. The van der Waals surface area contributed by atoms with Gasteiger partial charge in [-0.1, -0.05) is 46.8 Å². The summed E-state index contributed by atoms with van der Waals surface area (Å²) in [5.41, 5.74) is 1.30.